The molecular weight excluding hydrogens is 410 g/mol. The van der Waals surface area contributed by atoms with Crippen LogP contribution in [-0.2, 0) is 0 Å². The van der Waals surface area contributed by atoms with Gasteiger partial charge in [-0.2, -0.15) is 5.10 Å². The monoisotopic (exact) mass is 425 g/mol. The lowest BCUT2D eigenvalue weighted by molar-refractivity contribution is 0.953. The molecule has 0 aliphatic heterocycles. The van der Waals surface area contributed by atoms with Crippen molar-refractivity contribution in [2.45, 2.75) is 0 Å². The summed E-state index contributed by atoms with van der Waals surface area (Å²) < 4.78 is 2.82. The predicted octanol–water partition coefficient (Wildman–Crippen LogP) is 6.49. The molecule has 0 saturated carbocycles. The number of aromatic nitrogens is 3. The van der Waals surface area contributed by atoms with Crippen molar-refractivity contribution in [3.63, 3.8) is 0 Å². The van der Waals surface area contributed by atoms with Crippen molar-refractivity contribution < 1.29 is 0 Å². The van der Waals surface area contributed by atoms with Crippen molar-refractivity contribution >= 4 is 21.6 Å². The first kappa shape index (κ1) is 16.9. The standard InChI is InChI=1S/C24H16BrN3/c25-22-23(19-14-8-3-9-15-19)27-28-21(18-12-6-2-7-13-18)16-20(26-24(22)28)17-10-4-1-5-11-17/h1-16H. The van der Waals surface area contributed by atoms with Crippen LogP contribution in [0.1, 0.15) is 0 Å². The third kappa shape index (κ3) is 2.92. The van der Waals surface area contributed by atoms with Gasteiger partial charge in [0.25, 0.3) is 0 Å². The molecule has 0 radical (unpaired) electrons. The van der Waals surface area contributed by atoms with Crippen LogP contribution in [0, 0.1) is 0 Å². The summed E-state index contributed by atoms with van der Waals surface area (Å²) in [4.78, 5) is 4.93. The second kappa shape index (κ2) is 7.06. The first-order chi connectivity index (χ1) is 13.8. The number of fused-ring (bicyclic) bond motifs is 1. The normalized spacial score (nSPS) is 11.0. The highest BCUT2D eigenvalue weighted by Crippen LogP contribution is 2.34. The SMILES string of the molecule is Brc1c(-c2ccccc2)nn2c(-c3ccccc3)cc(-c3ccccc3)nc12. The maximum Gasteiger partial charge on any atom is 0.171 e. The van der Waals surface area contributed by atoms with Crippen LogP contribution in [0.3, 0.4) is 0 Å². The van der Waals surface area contributed by atoms with Gasteiger partial charge in [0.05, 0.1) is 15.9 Å². The summed E-state index contributed by atoms with van der Waals surface area (Å²) in [6.07, 6.45) is 0. The van der Waals surface area contributed by atoms with Crippen molar-refractivity contribution in [3.05, 3.63) is 102 Å². The van der Waals surface area contributed by atoms with Gasteiger partial charge >= 0.3 is 0 Å². The first-order valence-corrected chi connectivity index (χ1v) is 9.86. The first-order valence-electron chi connectivity index (χ1n) is 9.07. The Morgan fingerprint density at radius 1 is 0.643 bits per heavy atom. The summed E-state index contributed by atoms with van der Waals surface area (Å²) in [5, 5.41) is 4.90. The summed E-state index contributed by atoms with van der Waals surface area (Å²) in [6, 6.07) is 32.8. The molecule has 0 aliphatic carbocycles. The van der Waals surface area contributed by atoms with Gasteiger partial charge in [-0.05, 0) is 22.0 Å². The van der Waals surface area contributed by atoms with Gasteiger partial charge in [0, 0.05) is 16.7 Å². The van der Waals surface area contributed by atoms with Crippen LogP contribution in [0.15, 0.2) is 102 Å². The molecule has 2 heterocycles. The third-order valence-electron chi connectivity index (χ3n) is 4.72. The summed E-state index contributed by atoms with van der Waals surface area (Å²) in [5.41, 5.74) is 6.85. The average Bonchev–Trinajstić information content (AvgIpc) is 3.11. The second-order valence-electron chi connectivity index (χ2n) is 6.52. The fourth-order valence-electron chi connectivity index (χ4n) is 3.34. The van der Waals surface area contributed by atoms with Crippen molar-refractivity contribution in [2.24, 2.45) is 0 Å². The third-order valence-corrected chi connectivity index (χ3v) is 5.45. The largest absolute Gasteiger partial charge is 0.227 e. The molecule has 0 amide bonds. The molecular formula is C24H16BrN3. The van der Waals surface area contributed by atoms with Crippen LogP contribution in [0.5, 0.6) is 0 Å². The van der Waals surface area contributed by atoms with Gasteiger partial charge in [0.15, 0.2) is 5.65 Å². The van der Waals surface area contributed by atoms with E-state index in [0.29, 0.717) is 0 Å². The fraction of sp³-hybridized carbons (Fsp3) is 0. The zero-order chi connectivity index (χ0) is 18.9. The number of benzene rings is 3. The van der Waals surface area contributed by atoms with Crippen LogP contribution in [0.25, 0.3) is 39.4 Å². The van der Waals surface area contributed by atoms with E-state index in [4.69, 9.17) is 10.1 Å². The van der Waals surface area contributed by atoms with Gasteiger partial charge in [0.1, 0.15) is 5.69 Å². The molecule has 3 aromatic carbocycles. The minimum absolute atomic E-state index is 0.805. The number of hydrogen-bond donors (Lipinski definition) is 0. The van der Waals surface area contributed by atoms with Crippen LogP contribution in [0.2, 0.25) is 0 Å². The summed E-state index contributed by atoms with van der Waals surface area (Å²) in [7, 11) is 0. The van der Waals surface area contributed by atoms with Gasteiger partial charge in [-0.3, -0.25) is 0 Å². The van der Waals surface area contributed by atoms with E-state index in [-0.39, 0.29) is 0 Å². The van der Waals surface area contributed by atoms with E-state index in [9.17, 15) is 0 Å². The van der Waals surface area contributed by atoms with Crippen LogP contribution >= 0.6 is 15.9 Å². The van der Waals surface area contributed by atoms with E-state index in [1.165, 1.54) is 0 Å². The lowest BCUT2D eigenvalue weighted by Crippen LogP contribution is -1.98. The molecule has 4 heteroatoms. The van der Waals surface area contributed by atoms with E-state index >= 15 is 0 Å². The Morgan fingerprint density at radius 2 is 1.18 bits per heavy atom. The molecule has 0 aliphatic rings. The van der Waals surface area contributed by atoms with Crippen LogP contribution in [-0.4, -0.2) is 14.6 Å². The molecule has 5 rings (SSSR count). The number of halogens is 1. The van der Waals surface area contributed by atoms with Gasteiger partial charge < -0.3 is 0 Å². The fourth-order valence-corrected chi connectivity index (χ4v) is 3.91. The van der Waals surface area contributed by atoms with Gasteiger partial charge in [0.2, 0.25) is 0 Å². The lowest BCUT2D eigenvalue weighted by Gasteiger charge is -2.08. The highest BCUT2D eigenvalue weighted by Gasteiger charge is 2.18. The van der Waals surface area contributed by atoms with Crippen molar-refractivity contribution in [1.29, 1.82) is 0 Å². The Kier molecular flexibility index (Phi) is 4.26. The Morgan fingerprint density at radius 3 is 1.79 bits per heavy atom. The molecule has 0 saturated heterocycles. The predicted molar refractivity (Wildman–Crippen MR) is 117 cm³/mol. The van der Waals surface area contributed by atoms with E-state index in [1.807, 2.05) is 59.1 Å². The minimum atomic E-state index is 0.805. The van der Waals surface area contributed by atoms with Gasteiger partial charge in [-0.25, -0.2) is 9.50 Å². The molecule has 0 bridgehead atoms. The molecule has 28 heavy (non-hydrogen) atoms. The topological polar surface area (TPSA) is 30.2 Å². The summed E-state index contributed by atoms with van der Waals surface area (Å²) >= 11 is 3.76. The molecule has 3 nitrogen and oxygen atoms in total. The maximum atomic E-state index is 4.93. The van der Waals surface area contributed by atoms with E-state index in [1.54, 1.807) is 0 Å². The van der Waals surface area contributed by atoms with E-state index in [0.717, 1.165) is 43.9 Å². The van der Waals surface area contributed by atoms with Gasteiger partial charge in [-0.15, -0.1) is 0 Å². The molecule has 5 aromatic rings. The molecule has 2 aromatic heterocycles. The van der Waals surface area contributed by atoms with Crippen LogP contribution < -0.4 is 0 Å². The van der Waals surface area contributed by atoms with Crippen molar-refractivity contribution in [3.8, 4) is 33.8 Å². The number of hydrogen-bond acceptors (Lipinski definition) is 2. The number of nitrogens with zero attached hydrogens (tertiary/aromatic N) is 3. The Bertz CT molecular complexity index is 1250. The average molecular weight is 426 g/mol. The zero-order valence-corrected chi connectivity index (χ0v) is 16.5. The smallest absolute Gasteiger partial charge is 0.171 e. The van der Waals surface area contributed by atoms with Crippen molar-refractivity contribution in [1.82, 2.24) is 14.6 Å². The van der Waals surface area contributed by atoms with Gasteiger partial charge in [-0.1, -0.05) is 91.0 Å². The molecule has 134 valence electrons. The van der Waals surface area contributed by atoms with E-state index in [2.05, 4.69) is 58.4 Å². The van der Waals surface area contributed by atoms with Crippen LogP contribution in [0.4, 0.5) is 0 Å². The summed E-state index contributed by atoms with van der Waals surface area (Å²) in [6.45, 7) is 0. The van der Waals surface area contributed by atoms with E-state index < -0.39 is 0 Å². The quantitative estimate of drug-likeness (QED) is 0.330. The molecule has 0 unspecified atom stereocenters. The minimum Gasteiger partial charge on any atom is -0.227 e. The Labute approximate surface area is 171 Å². The molecule has 0 atom stereocenters. The molecule has 0 N–H and O–H groups in total. The highest BCUT2D eigenvalue weighted by molar-refractivity contribution is 9.10. The molecule has 0 spiro atoms. The second-order valence-corrected chi connectivity index (χ2v) is 7.32. The Hall–Kier alpha value is -3.24. The highest BCUT2D eigenvalue weighted by atomic mass is 79.9. The number of rotatable bonds is 3. The molecule has 0 fully saturated rings. The van der Waals surface area contributed by atoms with Crippen molar-refractivity contribution in [2.75, 3.05) is 0 Å². The lowest BCUT2D eigenvalue weighted by atomic mass is 10.1. The summed E-state index contributed by atoms with van der Waals surface area (Å²) in [5.74, 6) is 0. The maximum absolute atomic E-state index is 4.93. The Balaban J connectivity index is 1.83. The zero-order valence-electron chi connectivity index (χ0n) is 15.0.